The van der Waals surface area contributed by atoms with Crippen molar-refractivity contribution >= 4 is 11.8 Å². The molecule has 2 heteroatoms. The van der Waals surface area contributed by atoms with E-state index in [2.05, 4.69) is 27.7 Å². The van der Waals surface area contributed by atoms with Crippen LogP contribution in [0.25, 0.3) is 0 Å². The molecule has 0 aliphatic carbocycles. The van der Waals surface area contributed by atoms with E-state index < -0.39 is 0 Å². The smallest absolute Gasteiger partial charge is 0.0658 e. The molecule has 13 heavy (non-hydrogen) atoms. The first-order valence-electron chi connectivity index (χ1n) is 5.45. The molecule has 0 aromatic carbocycles. The predicted molar refractivity (Wildman–Crippen MR) is 62.3 cm³/mol. The van der Waals surface area contributed by atoms with Gasteiger partial charge in [0.05, 0.1) is 6.10 Å². The number of aliphatic hydroxyl groups is 1. The molecule has 1 nitrogen and oxygen atoms in total. The van der Waals surface area contributed by atoms with E-state index in [1.807, 2.05) is 11.8 Å². The van der Waals surface area contributed by atoms with Gasteiger partial charge < -0.3 is 5.11 Å². The highest BCUT2D eigenvalue weighted by Crippen LogP contribution is 2.21. The zero-order valence-electron chi connectivity index (χ0n) is 9.42. The first-order valence-corrected chi connectivity index (χ1v) is 6.50. The van der Waals surface area contributed by atoms with Crippen LogP contribution in [0.3, 0.4) is 0 Å². The lowest BCUT2D eigenvalue weighted by atomic mass is 9.98. The normalized spacial score (nSPS) is 16.2. The van der Waals surface area contributed by atoms with E-state index >= 15 is 0 Å². The molecule has 0 fully saturated rings. The van der Waals surface area contributed by atoms with Crippen LogP contribution in [0.5, 0.6) is 0 Å². The molecule has 0 amide bonds. The lowest BCUT2D eigenvalue weighted by Gasteiger charge is -2.20. The van der Waals surface area contributed by atoms with Crippen molar-refractivity contribution in [3.05, 3.63) is 0 Å². The molecule has 0 spiro atoms. The third kappa shape index (κ3) is 5.58. The van der Waals surface area contributed by atoms with Gasteiger partial charge >= 0.3 is 0 Å². The quantitative estimate of drug-likeness (QED) is 0.686. The Labute approximate surface area is 87.3 Å². The lowest BCUT2D eigenvalue weighted by molar-refractivity contribution is 0.125. The molecule has 0 aromatic rings. The Balaban J connectivity index is 3.65. The van der Waals surface area contributed by atoms with Gasteiger partial charge in [0.2, 0.25) is 0 Å². The van der Waals surface area contributed by atoms with E-state index in [0.29, 0.717) is 11.2 Å². The maximum Gasteiger partial charge on any atom is 0.0658 e. The first kappa shape index (κ1) is 13.3. The summed E-state index contributed by atoms with van der Waals surface area (Å²) in [7, 11) is 0. The number of hydrogen-bond donors (Lipinski definition) is 1. The second-order valence-corrected chi connectivity index (χ2v) is 5.17. The molecule has 0 saturated heterocycles. The molecular weight excluding hydrogens is 180 g/mol. The van der Waals surface area contributed by atoms with Crippen molar-refractivity contribution in [1.29, 1.82) is 0 Å². The second-order valence-electron chi connectivity index (χ2n) is 3.70. The van der Waals surface area contributed by atoms with Crippen LogP contribution in [0.1, 0.15) is 47.0 Å². The highest BCUT2D eigenvalue weighted by Gasteiger charge is 2.15. The molecule has 0 radical (unpaired) electrons. The average molecular weight is 204 g/mol. The van der Waals surface area contributed by atoms with Gasteiger partial charge in [0.25, 0.3) is 0 Å². The Bertz CT molecular complexity index is 113. The van der Waals surface area contributed by atoms with Crippen LogP contribution >= 0.6 is 11.8 Å². The van der Waals surface area contributed by atoms with Crippen molar-refractivity contribution in [3.8, 4) is 0 Å². The van der Waals surface area contributed by atoms with E-state index in [1.165, 1.54) is 6.42 Å². The largest absolute Gasteiger partial charge is 0.392 e. The summed E-state index contributed by atoms with van der Waals surface area (Å²) < 4.78 is 0. The fourth-order valence-electron chi connectivity index (χ4n) is 1.35. The van der Waals surface area contributed by atoms with Gasteiger partial charge in [-0.25, -0.2) is 0 Å². The molecule has 0 aromatic heterocycles. The lowest BCUT2D eigenvalue weighted by Crippen LogP contribution is -2.22. The van der Waals surface area contributed by atoms with Gasteiger partial charge in [-0.3, -0.25) is 0 Å². The van der Waals surface area contributed by atoms with Gasteiger partial charge in [0, 0.05) is 11.0 Å². The number of rotatable bonds is 7. The second kappa shape index (κ2) is 7.69. The van der Waals surface area contributed by atoms with Crippen molar-refractivity contribution in [2.24, 2.45) is 5.92 Å². The molecule has 0 bridgehead atoms. The zero-order chi connectivity index (χ0) is 10.3. The highest BCUT2D eigenvalue weighted by molar-refractivity contribution is 7.99. The monoisotopic (exact) mass is 204 g/mol. The number of hydrogen-bond acceptors (Lipinski definition) is 2. The standard InChI is InChI=1S/C11H24OS/c1-5-9(4)13-8-11(12)10(6-2)7-3/h9-12H,5-8H2,1-4H3. The molecule has 0 saturated carbocycles. The SMILES string of the molecule is CCC(C)SCC(O)C(CC)CC. The van der Waals surface area contributed by atoms with Crippen LogP contribution in [-0.4, -0.2) is 22.2 Å². The summed E-state index contributed by atoms with van der Waals surface area (Å²) in [6.45, 7) is 8.74. The maximum atomic E-state index is 9.83. The first-order chi connectivity index (χ1) is 6.15. The molecule has 0 aliphatic rings. The van der Waals surface area contributed by atoms with Crippen LogP contribution in [0, 0.1) is 5.92 Å². The van der Waals surface area contributed by atoms with Crippen LogP contribution in [0.2, 0.25) is 0 Å². The summed E-state index contributed by atoms with van der Waals surface area (Å²) in [5, 5.41) is 10.5. The Morgan fingerprint density at radius 2 is 1.62 bits per heavy atom. The van der Waals surface area contributed by atoms with Crippen LogP contribution in [-0.2, 0) is 0 Å². The summed E-state index contributed by atoms with van der Waals surface area (Å²) in [6.07, 6.45) is 3.28. The third-order valence-corrected chi connectivity index (χ3v) is 4.16. The minimum absolute atomic E-state index is 0.103. The number of thioether (sulfide) groups is 1. The van der Waals surface area contributed by atoms with E-state index in [4.69, 9.17) is 0 Å². The van der Waals surface area contributed by atoms with Crippen LogP contribution in [0.4, 0.5) is 0 Å². The third-order valence-electron chi connectivity index (χ3n) is 2.72. The van der Waals surface area contributed by atoms with Gasteiger partial charge in [0.15, 0.2) is 0 Å². The van der Waals surface area contributed by atoms with E-state index in [-0.39, 0.29) is 6.10 Å². The zero-order valence-corrected chi connectivity index (χ0v) is 10.2. The molecule has 0 aliphatic heterocycles. The Hall–Kier alpha value is 0.310. The fraction of sp³-hybridized carbons (Fsp3) is 1.00. The van der Waals surface area contributed by atoms with Crippen molar-refractivity contribution < 1.29 is 5.11 Å². The van der Waals surface area contributed by atoms with Crippen molar-refractivity contribution in [3.63, 3.8) is 0 Å². The van der Waals surface area contributed by atoms with Gasteiger partial charge in [-0.05, 0) is 12.3 Å². The summed E-state index contributed by atoms with van der Waals surface area (Å²) in [5.41, 5.74) is 0. The topological polar surface area (TPSA) is 20.2 Å². The van der Waals surface area contributed by atoms with Gasteiger partial charge in [-0.15, -0.1) is 0 Å². The Morgan fingerprint density at radius 3 is 2.00 bits per heavy atom. The van der Waals surface area contributed by atoms with Crippen molar-refractivity contribution in [1.82, 2.24) is 0 Å². The van der Waals surface area contributed by atoms with Gasteiger partial charge in [-0.2, -0.15) is 11.8 Å². The summed E-state index contributed by atoms with van der Waals surface area (Å²) in [5.74, 6) is 1.40. The van der Waals surface area contributed by atoms with E-state index in [1.54, 1.807) is 0 Å². The molecule has 0 rings (SSSR count). The highest BCUT2D eigenvalue weighted by atomic mass is 32.2. The fourth-order valence-corrected chi connectivity index (χ4v) is 2.38. The Morgan fingerprint density at radius 1 is 1.08 bits per heavy atom. The molecule has 2 atom stereocenters. The average Bonchev–Trinajstić information content (AvgIpc) is 2.16. The molecule has 1 N–H and O–H groups in total. The minimum Gasteiger partial charge on any atom is -0.392 e. The van der Waals surface area contributed by atoms with E-state index in [9.17, 15) is 5.11 Å². The summed E-state index contributed by atoms with van der Waals surface area (Å²) in [4.78, 5) is 0. The maximum absolute atomic E-state index is 9.83. The van der Waals surface area contributed by atoms with E-state index in [0.717, 1.165) is 18.6 Å². The summed E-state index contributed by atoms with van der Waals surface area (Å²) in [6, 6.07) is 0. The van der Waals surface area contributed by atoms with Crippen LogP contribution < -0.4 is 0 Å². The van der Waals surface area contributed by atoms with Crippen molar-refractivity contribution in [2.75, 3.05) is 5.75 Å². The van der Waals surface area contributed by atoms with Gasteiger partial charge in [0.1, 0.15) is 0 Å². The van der Waals surface area contributed by atoms with Crippen LogP contribution in [0.15, 0.2) is 0 Å². The molecule has 2 unspecified atom stereocenters. The minimum atomic E-state index is -0.103. The Kier molecular flexibility index (Phi) is 7.87. The predicted octanol–water partition coefficient (Wildman–Crippen LogP) is 3.32. The molecule has 80 valence electrons. The molecular formula is C11H24OS. The number of aliphatic hydroxyl groups excluding tert-OH is 1. The van der Waals surface area contributed by atoms with Crippen molar-refractivity contribution in [2.45, 2.75) is 58.3 Å². The van der Waals surface area contributed by atoms with Gasteiger partial charge in [-0.1, -0.05) is 40.5 Å². The molecule has 0 heterocycles. The summed E-state index contributed by atoms with van der Waals surface area (Å²) >= 11 is 1.89.